The second-order valence-electron chi connectivity index (χ2n) is 6.99. The Morgan fingerprint density at radius 2 is 1.75 bits per heavy atom. The van der Waals surface area contributed by atoms with E-state index in [-0.39, 0.29) is 42.5 Å². The van der Waals surface area contributed by atoms with E-state index in [2.05, 4.69) is 5.32 Å². The lowest BCUT2D eigenvalue weighted by molar-refractivity contribution is -0.140. The second-order valence-corrected chi connectivity index (χ2v) is 7.40. The molecule has 2 bridgehead atoms. The van der Waals surface area contributed by atoms with Crippen molar-refractivity contribution in [2.45, 2.75) is 25.7 Å². The molecule has 3 amide bonds. The lowest BCUT2D eigenvalue weighted by Gasteiger charge is -2.19. The number of nitrogens with zero attached hydrogens (tertiary/aromatic N) is 1. The van der Waals surface area contributed by atoms with Crippen LogP contribution in [0.5, 0.6) is 0 Å². The Labute approximate surface area is 145 Å². The van der Waals surface area contributed by atoms with Crippen molar-refractivity contribution in [1.82, 2.24) is 4.90 Å². The van der Waals surface area contributed by atoms with Crippen LogP contribution >= 0.6 is 11.6 Å². The Morgan fingerprint density at radius 3 is 2.38 bits per heavy atom. The van der Waals surface area contributed by atoms with E-state index in [1.54, 1.807) is 24.3 Å². The van der Waals surface area contributed by atoms with Gasteiger partial charge in [0.15, 0.2) is 0 Å². The molecule has 0 aromatic heterocycles. The van der Waals surface area contributed by atoms with Crippen LogP contribution in [0.4, 0.5) is 5.69 Å². The van der Waals surface area contributed by atoms with Crippen LogP contribution in [0.1, 0.15) is 25.7 Å². The number of hydrogen-bond acceptors (Lipinski definition) is 3. The van der Waals surface area contributed by atoms with Crippen molar-refractivity contribution >= 4 is 35.0 Å². The topological polar surface area (TPSA) is 66.5 Å². The average molecular weight is 347 g/mol. The molecular weight excluding hydrogens is 328 g/mol. The van der Waals surface area contributed by atoms with E-state index in [1.165, 1.54) is 4.90 Å². The lowest BCUT2D eigenvalue weighted by Crippen LogP contribution is -2.35. The number of fused-ring (bicyclic) bond motifs is 5. The van der Waals surface area contributed by atoms with Crippen molar-refractivity contribution in [2.75, 3.05) is 11.9 Å². The minimum atomic E-state index is -0.247. The third kappa shape index (κ3) is 2.42. The second kappa shape index (κ2) is 5.88. The first-order valence-corrected chi connectivity index (χ1v) is 8.83. The molecule has 1 heterocycles. The van der Waals surface area contributed by atoms with Crippen LogP contribution < -0.4 is 5.32 Å². The van der Waals surface area contributed by atoms with Crippen molar-refractivity contribution in [3.63, 3.8) is 0 Å². The smallest absolute Gasteiger partial charge is 0.233 e. The molecule has 6 heteroatoms. The molecule has 1 N–H and O–H groups in total. The van der Waals surface area contributed by atoms with Gasteiger partial charge in [0.2, 0.25) is 17.7 Å². The maximum atomic E-state index is 12.6. The number of benzene rings is 1. The maximum Gasteiger partial charge on any atom is 0.233 e. The van der Waals surface area contributed by atoms with Gasteiger partial charge in [-0.2, -0.15) is 0 Å². The van der Waals surface area contributed by atoms with Crippen molar-refractivity contribution < 1.29 is 14.4 Å². The third-order valence-electron chi connectivity index (χ3n) is 5.73. The van der Waals surface area contributed by atoms with Crippen LogP contribution in [0.15, 0.2) is 24.3 Å². The molecule has 1 aliphatic heterocycles. The van der Waals surface area contributed by atoms with E-state index in [1.807, 2.05) is 0 Å². The van der Waals surface area contributed by atoms with Gasteiger partial charge in [0, 0.05) is 13.0 Å². The van der Waals surface area contributed by atoms with Crippen LogP contribution in [-0.2, 0) is 14.4 Å². The number of imide groups is 1. The number of hydrogen-bond donors (Lipinski definition) is 1. The highest BCUT2D eigenvalue weighted by Gasteiger charge is 2.60. The molecule has 0 radical (unpaired) electrons. The summed E-state index contributed by atoms with van der Waals surface area (Å²) in [4.78, 5) is 38.5. The van der Waals surface area contributed by atoms with Gasteiger partial charge in [-0.05, 0) is 43.2 Å². The fraction of sp³-hybridized carbons (Fsp3) is 0.500. The maximum absolute atomic E-state index is 12.6. The molecule has 5 nitrogen and oxygen atoms in total. The van der Waals surface area contributed by atoms with E-state index in [9.17, 15) is 14.4 Å². The highest BCUT2D eigenvalue weighted by Crippen LogP contribution is 2.56. The first kappa shape index (κ1) is 15.6. The summed E-state index contributed by atoms with van der Waals surface area (Å²) < 4.78 is 0. The molecule has 1 aromatic rings. The Kier molecular flexibility index (Phi) is 3.83. The summed E-state index contributed by atoms with van der Waals surface area (Å²) in [7, 11) is 0. The zero-order chi connectivity index (χ0) is 16.8. The van der Waals surface area contributed by atoms with Crippen molar-refractivity contribution in [3.8, 4) is 0 Å². The number of carbonyl (C=O) groups excluding carboxylic acids is 3. The van der Waals surface area contributed by atoms with Crippen LogP contribution in [0.25, 0.3) is 0 Å². The molecule has 1 saturated heterocycles. The molecule has 0 unspecified atom stereocenters. The molecule has 3 fully saturated rings. The number of carbonyl (C=O) groups is 3. The summed E-state index contributed by atoms with van der Waals surface area (Å²) in [5.41, 5.74) is 0.540. The molecule has 0 spiro atoms. The Bertz CT molecular complexity index is 692. The monoisotopic (exact) mass is 346 g/mol. The molecule has 2 saturated carbocycles. The number of rotatable bonds is 4. The molecule has 1 aromatic carbocycles. The van der Waals surface area contributed by atoms with Gasteiger partial charge in [0.25, 0.3) is 0 Å². The first-order valence-electron chi connectivity index (χ1n) is 8.46. The Morgan fingerprint density at radius 1 is 1.12 bits per heavy atom. The van der Waals surface area contributed by atoms with Gasteiger partial charge in [-0.25, -0.2) is 0 Å². The summed E-state index contributed by atoms with van der Waals surface area (Å²) in [6, 6.07) is 6.98. The van der Waals surface area contributed by atoms with Crippen LogP contribution in [0.3, 0.4) is 0 Å². The molecular formula is C18H19ClN2O3. The highest BCUT2D eigenvalue weighted by molar-refractivity contribution is 6.33. The highest BCUT2D eigenvalue weighted by atomic mass is 35.5. The van der Waals surface area contributed by atoms with Gasteiger partial charge in [0.1, 0.15) is 0 Å². The van der Waals surface area contributed by atoms with Gasteiger partial charge in [-0.3, -0.25) is 19.3 Å². The number of anilines is 1. The Balaban J connectivity index is 1.38. The number of likely N-dealkylation sites (tertiary alicyclic amines) is 1. The fourth-order valence-corrected chi connectivity index (χ4v) is 4.86. The zero-order valence-corrected chi connectivity index (χ0v) is 14.0. The van der Waals surface area contributed by atoms with E-state index in [0.717, 1.165) is 19.3 Å². The minimum Gasteiger partial charge on any atom is -0.325 e. The van der Waals surface area contributed by atoms with E-state index < -0.39 is 0 Å². The van der Waals surface area contributed by atoms with E-state index >= 15 is 0 Å². The summed E-state index contributed by atoms with van der Waals surface area (Å²) in [5.74, 6) is 0.122. The summed E-state index contributed by atoms with van der Waals surface area (Å²) in [5, 5.41) is 3.19. The average Bonchev–Trinajstić information content (AvgIpc) is 3.23. The third-order valence-corrected chi connectivity index (χ3v) is 6.06. The van der Waals surface area contributed by atoms with Crippen LogP contribution in [-0.4, -0.2) is 29.2 Å². The summed E-state index contributed by atoms with van der Waals surface area (Å²) in [6.07, 6.45) is 3.24. The van der Waals surface area contributed by atoms with Gasteiger partial charge in [-0.1, -0.05) is 23.7 Å². The Hall–Kier alpha value is -1.88. The van der Waals surface area contributed by atoms with E-state index in [4.69, 9.17) is 11.6 Å². The molecule has 3 aliphatic rings. The largest absolute Gasteiger partial charge is 0.325 e. The van der Waals surface area contributed by atoms with Gasteiger partial charge >= 0.3 is 0 Å². The molecule has 24 heavy (non-hydrogen) atoms. The SMILES string of the molecule is O=C(CCN1C(=O)[C@@H]2[C@@H]3CC[C@H](C3)[C@@H]2C1=O)Nc1ccccc1Cl. The normalized spacial score (nSPS) is 30.8. The lowest BCUT2D eigenvalue weighted by atomic mass is 9.81. The van der Waals surface area contributed by atoms with Crippen molar-refractivity contribution in [3.05, 3.63) is 29.3 Å². The van der Waals surface area contributed by atoms with Crippen LogP contribution in [0.2, 0.25) is 5.02 Å². The number of nitrogens with one attached hydrogen (secondary N) is 1. The molecule has 2 aliphatic carbocycles. The standard InChI is InChI=1S/C18H19ClN2O3/c19-12-3-1-2-4-13(12)20-14(22)7-8-21-17(23)15-10-5-6-11(9-10)16(15)18(21)24/h1-4,10-11,15-16H,5-9H2,(H,20,22)/t10-,11-,15-,16+/m1/s1. The van der Waals surface area contributed by atoms with Gasteiger partial charge < -0.3 is 5.32 Å². The molecule has 4 atom stereocenters. The summed E-state index contributed by atoms with van der Waals surface area (Å²) >= 11 is 6.01. The number of halogens is 1. The van der Waals surface area contributed by atoms with Gasteiger partial charge in [0.05, 0.1) is 22.5 Å². The van der Waals surface area contributed by atoms with E-state index in [0.29, 0.717) is 22.5 Å². The first-order chi connectivity index (χ1) is 11.6. The predicted octanol–water partition coefficient (Wildman–Crippen LogP) is 2.70. The number of para-hydroxylation sites is 1. The van der Waals surface area contributed by atoms with Crippen molar-refractivity contribution in [2.24, 2.45) is 23.7 Å². The van der Waals surface area contributed by atoms with Gasteiger partial charge in [-0.15, -0.1) is 0 Å². The molecule has 4 rings (SSSR count). The van der Waals surface area contributed by atoms with Crippen LogP contribution in [0, 0.1) is 23.7 Å². The fourth-order valence-electron chi connectivity index (χ4n) is 4.68. The predicted molar refractivity (Wildman–Crippen MR) is 89.2 cm³/mol. The van der Waals surface area contributed by atoms with Crippen molar-refractivity contribution in [1.29, 1.82) is 0 Å². The number of amides is 3. The molecule has 126 valence electrons. The summed E-state index contributed by atoms with van der Waals surface area (Å²) in [6.45, 7) is 0.153. The minimum absolute atomic E-state index is 0.0669. The quantitative estimate of drug-likeness (QED) is 0.852. The zero-order valence-electron chi connectivity index (χ0n) is 13.2.